The molecule has 11 heteroatoms. The highest BCUT2D eigenvalue weighted by Crippen LogP contribution is 2.36. The molecule has 0 radical (unpaired) electrons. The van der Waals surface area contributed by atoms with Crippen LogP contribution in [0.15, 0.2) is 41.3 Å². The number of carbonyl (C=O) groups excluding carboxylic acids is 2. The molecule has 2 aromatic heterocycles. The molecule has 4 heterocycles. The van der Waals surface area contributed by atoms with Crippen LogP contribution in [0.1, 0.15) is 38.1 Å². The third kappa shape index (κ3) is 4.88. The van der Waals surface area contributed by atoms with Crippen LogP contribution in [-0.2, 0) is 35.5 Å². The summed E-state index contributed by atoms with van der Waals surface area (Å²) in [6, 6.07) is 8.43. The molecule has 1 saturated heterocycles. The van der Waals surface area contributed by atoms with E-state index >= 15 is 0 Å². The first-order valence-electron chi connectivity index (χ1n) is 13.0. The molecule has 200 valence electrons. The molecule has 2 N–H and O–H groups in total. The van der Waals surface area contributed by atoms with E-state index in [0.29, 0.717) is 62.3 Å². The predicted octanol–water partition coefficient (Wildman–Crippen LogP) is 2.00. The third-order valence-electron chi connectivity index (χ3n) is 7.52. The number of rotatable bonds is 6. The second kappa shape index (κ2) is 10.3. The molecule has 0 unspecified atom stereocenters. The first-order chi connectivity index (χ1) is 18.2. The minimum atomic E-state index is -1.00. The molecule has 0 aliphatic carbocycles. The number of nitrogens with zero attached hydrogens (tertiary/aromatic N) is 5. The number of aromatic nitrogens is 3. The van der Waals surface area contributed by atoms with Gasteiger partial charge in [0.25, 0.3) is 5.56 Å². The van der Waals surface area contributed by atoms with Crippen LogP contribution >= 0.6 is 0 Å². The molecule has 2 aliphatic rings. The fourth-order valence-corrected chi connectivity index (χ4v) is 5.63. The van der Waals surface area contributed by atoms with Crippen LogP contribution in [-0.4, -0.2) is 67.2 Å². The number of hydrogen-bond donors (Lipinski definition) is 2. The number of fused-ring (bicyclic) bond motifs is 3. The van der Waals surface area contributed by atoms with Crippen molar-refractivity contribution in [2.45, 2.75) is 64.7 Å². The van der Waals surface area contributed by atoms with Crippen LogP contribution < -0.4 is 15.8 Å². The quantitative estimate of drug-likeness (QED) is 0.511. The number of nitrogens with one attached hydrogen (secondary N) is 1. The predicted molar refractivity (Wildman–Crippen MR) is 141 cm³/mol. The van der Waals surface area contributed by atoms with Gasteiger partial charge in [-0.3, -0.25) is 19.3 Å². The molecule has 11 nitrogen and oxygen atoms in total. The number of anilines is 1. The van der Waals surface area contributed by atoms with Crippen LogP contribution in [0.3, 0.4) is 0 Å². The summed E-state index contributed by atoms with van der Waals surface area (Å²) < 4.78 is 3.49. The monoisotopic (exact) mass is 520 g/mol. The van der Waals surface area contributed by atoms with E-state index in [-0.39, 0.29) is 36.0 Å². The molecule has 2 aliphatic heterocycles. The summed E-state index contributed by atoms with van der Waals surface area (Å²) >= 11 is 0. The van der Waals surface area contributed by atoms with Gasteiger partial charge in [-0.2, -0.15) is 0 Å². The standard InChI is InChI=1S/C27H32N6O5/c1-17-6-7-20-21(33(17)27(37)38)8-9-22-26(20)29-23(11-14-30-12-4-3-5-24(30)35)32(22)16-25(36)31-13-10-19(15-31)28-18(2)34/h3-5,8-9,12,17,19H,6-7,10-11,13-16H2,1-2H3,(H,28,34)(H,37,38)/t17-,19-/m0/s1. The Morgan fingerprint density at radius 2 is 1.97 bits per heavy atom. The molecule has 0 saturated carbocycles. The smallest absolute Gasteiger partial charge is 0.412 e. The molecule has 1 aromatic carbocycles. The van der Waals surface area contributed by atoms with E-state index in [1.807, 2.05) is 17.6 Å². The largest absolute Gasteiger partial charge is 0.465 e. The third-order valence-corrected chi connectivity index (χ3v) is 7.52. The first-order valence-corrected chi connectivity index (χ1v) is 13.0. The number of benzene rings is 1. The lowest BCUT2D eigenvalue weighted by molar-refractivity contribution is -0.131. The van der Waals surface area contributed by atoms with Crippen LogP contribution in [0.25, 0.3) is 11.0 Å². The van der Waals surface area contributed by atoms with Crippen molar-refractivity contribution >= 4 is 34.6 Å². The Labute approximate surface area is 219 Å². The molecular weight excluding hydrogens is 488 g/mol. The van der Waals surface area contributed by atoms with Gasteiger partial charge in [-0.25, -0.2) is 9.78 Å². The van der Waals surface area contributed by atoms with Crippen molar-refractivity contribution in [3.8, 4) is 0 Å². The number of pyridine rings is 1. The lowest BCUT2D eigenvalue weighted by Crippen LogP contribution is -2.41. The minimum Gasteiger partial charge on any atom is -0.465 e. The maximum Gasteiger partial charge on any atom is 0.412 e. The van der Waals surface area contributed by atoms with Gasteiger partial charge in [0.05, 0.1) is 16.7 Å². The van der Waals surface area contributed by atoms with Crippen molar-refractivity contribution in [2.24, 2.45) is 0 Å². The summed E-state index contributed by atoms with van der Waals surface area (Å²) in [7, 11) is 0. The highest BCUT2D eigenvalue weighted by Gasteiger charge is 2.32. The van der Waals surface area contributed by atoms with Crippen molar-refractivity contribution in [3.63, 3.8) is 0 Å². The molecule has 38 heavy (non-hydrogen) atoms. The molecule has 2 atom stereocenters. The van der Waals surface area contributed by atoms with Gasteiger partial charge in [0.15, 0.2) is 0 Å². The normalized spacial score (nSPS) is 19.0. The Morgan fingerprint density at radius 1 is 1.16 bits per heavy atom. The lowest BCUT2D eigenvalue weighted by Gasteiger charge is -2.33. The molecule has 0 spiro atoms. The summed E-state index contributed by atoms with van der Waals surface area (Å²) in [6.07, 6.45) is 3.21. The number of likely N-dealkylation sites (tertiary alicyclic amines) is 1. The van der Waals surface area contributed by atoms with Gasteiger partial charge in [-0.05, 0) is 44.4 Å². The van der Waals surface area contributed by atoms with E-state index < -0.39 is 6.09 Å². The van der Waals surface area contributed by atoms with E-state index in [4.69, 9.17) is 4.98 Å². The molecule has 1 fully saturated rings. The van der Waals surface area contributed by atoms with Gasteiger partial charge in [-0.15, -0.1) is 0 Å². The van der Waals surface area contributed by atoms with Crippen molar-refractivity contribution in [3.05, 3.63) is 58.3 Å². The van der Waals surface area contributed by atoms with Crippen molar-refractivity contribution in [1.82, 2.24) is 24.3 Å². The van der Waals surface area contributed by atoms with Crippen LogP contribution in [0.4, 0.5) is 10.5 Å². The zero-order valence-corrected chi connectivity index (χ0v) is 21.6. The minimum absolute atomic E-state index is 0.0589. The van der Waals surface area contributed by atoms with Crippen LogP contribution in [0, 0.1) is 0 Å². The molecular formula is C27H32N6O5. The Balaban J connectivity index is 1.50. The zero-order valence-electron chi connectivity index (χ0n) is 21.6. The van der Waals surface area contributed by atoms with Crippen LogP contribution in [0.2, 0.25) is 0 Å². The maximum atomic E-state index is 13.4. The van der Waals surface area contributed by atoms with Gasteiger partial charge in [-0.1, -0.05) is 6.07 Å². The number of amides is 3. The molecule has 3 amide bonds. The summed E-state index contributed by atoms with van der Waals surface area (Å²) in [6.45, 7) is 4.85. The van der Waals surface area contributed by atoms with E-state index in [2.05, 4.69) is 5.32 Å². The molecule has 5 rings (SSSR count). The van der Waals surface area contributed by atoms with E-state index in [1.54, 1.807) is 33.9 Å². The zero-order chi connectivity index (χ0) is 27.0. The number of carboxylic acid groups (broad SMARTS) is 1. The fourth-order valence-electron chi connectivity index (χ4n) is 5.63. The average Bonchev–Trinajstić information content (AvgIpc) is 3.47. The van der Waals surface area contributed by atoms with Gasteiger partial charge >= 0.3 is 6.09 Å². The van der Waals surface area contributed by atoms with Crippen LogP contribution in [0.5, 0.6) is 0 Å². The number of carbonyl (C=O) groups is 3. The van der Waals surface area contributed by atoms with E-state index in [1.165, 1.54) is 17.9 Å². The summed E-state index contributed by atoms with van der Waals surface area (Å²) in [4.78, 5) is 57.1. The molecule has 0 bridgehead atoms. The maximum absolute atomic E-state index is 13.4. The van der Waals surface area contributed by atoms with Crippen molar-refractivity contribution in [1.29, 1.82) is 0 Å². The average molecular weight is 521 g/mol. The Bertz CT molecular complexity index is 1460. The highest BCUT2D eigenvalue weighted by atomic mass is 16.4. The van der Waals surface area contributed by atoms with Gasteiger partial charge in [0, 0.05) is 62.9 Å². The first kappa shape index (κ1) is 25.5. The second-order valence-electron chi connectivity index (χ2n) is 10.1. The lowest BCUT2D eigenvalue weighted by atomic mass is 9.96. The summed E-state index contributed by atoms with van der Waals surface area (Å²) in [5, 5.41) is 12.7. The summed E-state index contributed by atoms with van der Waals surface area (Å²) in [5.41, 5.74) is 2.84. The Hall–Kier alpha value is -4.15. The number of aryl methyl sites for hydroxylation is 3. The number of imidazole rings is 1. The van der Waals surface area contributed by atoms with E-state index in [0.717, 1.165) is 11.1 Å². The van der Waals surface area contributed by atoms with Gasteiger partial charge in [0.1, 0.15) is 12.4 Å². The van der Waals surface area contributed by atoms with E-state index in [9.17, 15) is 24.3 Å². The van der Waals surface area contributed by atoms with Crippen molar-refractivity contribution in [2.75, 3.05) is 18.0 Å². The molecule has 3 aromatic rings. The Kier molecular flexibility index (Phi) is 6.92. The summed E-state index contributed by atoms with van der Waals surface area (Å²) in [5.74, 6) is 0.474. The fraction of sp³-hybridized carbons (Fsp3) is 0.444. The second-order valence-corrected chi connectivity index (χ2v) is 10.1. The Morgan fingerprint density at radius 3 is 2.71 bits per heavy atom. The number of hydrogen-bond acceptors (Lipinski definition) is 5. The SMILES string of the molecule is CC(=O)N[C@H]1CCN(C(=O)Cn2c(CCn3ccccc3=O)nc3c4c(ccc32)N(C(=O)O)[C@@H](C)CC4)C1. The van der Waals surface area contributed by atoms with Crippen molar-refractivity contribution < 1.29 is 19.5 Å². The van der Waals surface area contributed by atoms with Gasteiger partial charge < -0.3 is 24.5 Å². The topological polar surface area (TPSA) is 130 Å². The highest BCUT2D eigenvalue weighted by molar-refractivity contribution is 5.95. The van der Waals surface area contributed by atoms with Gasteiger partial charge in [0.2, 0.25) is 11.8 Å².